The van der Waals surface area contributed by atoms with Gasteiger partial charge in [-0.2, -0.15) is 22.1 Å². The van der Waals surface area contributed by atoms with Crippen LogP contribution in [0.25, 0.3) is 11.4 Å². The molecule has 24 heavy (non-hydrogen) atoms. The molecule has 0 saturated carbocycles. The molecule has 2 aromatic rings. The fraction of sp³-hybridized carbons (Fsp3) is 0.533. The molecule has 0 unspecified atom stereocenters. The Hall–Kier alpha value is -1.84. The molecule has 3 rings (SSSR count). The Morgan fingerprint density at radius 2 is 1.96 bits per heavy atom. The van der Waals surface area contributed by atoms with Crippen molar-refractivity contribution in [2.75, 3.05) is 27.2 Å². The molecule has 1 fully saturated rings. The molecule has 9 heteroatoms. The molecule has 1 aliphatic rings. The molecule has 0 radical (unpaired) electrons. The second-order valence-electron chi connectivity index (χ2n) is 6.12. The number of nitrogens with zero attached hydrogens (tertiary/aromatic N) is 6. The Labute approximate surface area is 142 Å². The molecule has 0 spiro atoms. The van der Waals surface area contributed by atoms with E-state index in [0.29, 0.717) is 13.1 Å². The molecular weight excluding hydrogens is 328 g/mol. The molecule has 0 N–H and O–H groups in total. The normalized spacial score (nSPS) is 19.8. The van der Waals surface area contributed by atoms with Gasteiger partial charge < -0.3 is 0 Å². The van der Waals surface area contributed by atoms with Gasteiger partial charge in [-0.05, 0) is 18.9 Å². The summed E-state index contributed by atoms with van der Waals surface area (Å²) in [6.45, 7) is 0.961. The molecule has 3 heterocycles. The van der Waals surface area contributed by atoms with Gasteiger partial charge in [-0.3, -0.25) is 14.6 Å². The first-order valence-corrected chi connectivity index (χ1v) is 9.28. The van der Waals surface area contributed by atoms with E-state index in [2.05, 4.69) is 15.1 Å². The second kappa shape index (κ2) is 6.58. The standard InChI is InChI=1S/C15H22N6O2S/c1-19(2)24(22,23)21-10-4-5-12(11-21)14-15(17-9-8-16-14)13-6-7-18-20(13)3/h6-9,12H,4-5,10-11H2,1-3H3/t12-/m0/s1. The van der Waals surface area contributed by atoms with E-state index in [9.17, 15) is 8.42 Å². The fourth-order valence-electron chi connectivity index (χ4n) is 3.06. The first-order valence-electron chi connectivity index (χ1n) is 7.88. The van der Waals surface area contributed by atoms with Crippen molar-refractivity contribution in [1.82, 2.24) is 28.4 Å². The van der Waals surface area contributed by atoms with Gasteiger partial charge in [0.1, 0.15) is 5.69 Å². The smallest absolute Gasteiger partial charge is 0.266 e. The number of hydrogen-bond donors (Lipinski definition) is 0. The van der Waals surface area contributed by atoms with Crippen LogP contribution >= 0.6 is 0 Å². The molecule has 0 aliphatic carbocycles. The quantitative estimate of drug-likeness (QED) is 0.817. The number of aryl methyl sites for hydroxylation is 1. The highest BCUT2D eigenvalue weighted by Crippen LogP contribution is 2.32. The number of piperidine rings is 1. The largest absolute Gasteiger partial charge is 0.281 e. The van der Waals surface area contributed by atoms with Crippen LogP contribution in [-0.2, 0) is 17.3 Å². The summed E-state index contributed by atoms with van der Waals surface area (Å²) in [5, 5.41) is 4.19. The molecule has 0 bridgehead atoms. The van der Waals surface area contributed by atoms with Crippen molar-refractivity contribution in [3.63, 3.8) is 0 Å². The summed E-state index contributed by atoms with van der Waals surface area (Å²) >= 11 is 0. The third-order valence-electron chi connectivity index (χ3n) is 4.35. The summed E-state index contributed by atoms with van der Waals surface area (Å²) in [5.74, 6) is 0.0204. The zero-order valence-electron chi connectivity index (χ0n) is 14.1. The molecule has 1 aliphatic heterocycles. The van der Waals surface area contributed by atoms with Crippen LogP contribution < -0.4 is 0 Å². The lowest BCUT2D eigenvalue weighted by Gasteiger charge is -2.33. The van der Waals surface area contributed by atoms with Crippen molar-refractivity contribution < 1.29 is 8.42 Å². The van der Waals surface area contributed by atoms with Gasteiger partial charge in [-0.1, -0.05) is 0 Å². The molecule has 2 aromatic heterocycles. The SMILES string of the molecule is CN(C)S(=O)(=O)N1CCC[C@H](c2nccnc2-c2ccnn2C)C1. The van der Waals surface area contributed by atoms with Crippen molar-refractivity contribution >= 4 is 10.2 Å². The topological polar surface area (TPSA) is 84.2 Å². The number of hydrogen-bond acceptors (Lipinski definition) is 5. The summed E-state index contributed by atoms with van der Waals surface area (Å²) in [7, 11) is 1.56. The molecular formula is C15H22N6O2S. The van der Waals surface area contributed by atoms with Gasteiger partial charge in [-0.15, -0.1) is 0 Å². The van der Waals surface area contributed by atoms with Crippen molar-refractivity contribution in [2.24, 2.45) is 7.05 Å². The van der Waals surface area contributed by atoms with Crippen molar-refractivity contribution in [3.05, 3.63) is 30.4 Å². The first kappa shape index (κ1) is 17.0. The summed E-state index contributed by atoms with van der Waals surface area (Å²) < 4.78 is 29.4. The maximum absolute atomic E-state index is 12.4. The van der Waals surface area contributed by atoms with Crippen molar-refractivity contribution in [1.29, 1.82) is 0 Å². The molecule has 130 valence electrons. The fourth-order valence-corrected chi connectivity index (χ4v) is 4.25. The summed E-state index contributed by atoms with van der Waals surface area (Å²) in [5.41, 5.74) is 2.48. The van der Waals surface area contributed by atoms with Gasteiger partial charge in [0.15, 0.2) is 0 Å². The average Bonchev–Trinajstić information content (AvgIpc) is 3.00. The lowest BCUT2D eigenvalue weighted by atomic mass is 9.93. The summed E-state index contributed by atoms with van der Waals surface area (Å²) in [6.07, 6.45) is 6.73. The van der Waals surface area contributed by atoms with Crippen LogP contribution in [0.3, 0.4) is 0 Å². The maximum atomic E-state index is 12.4. The minimum absolute atomic E-state index is 0.0204. The molecule has 8 nitrogen and oxygen atoms in total. The van der Waals surface area contributed by atoms with Gasteiger partial charge in [0.05, 0.1) is 11.4 Å². The predicted molar refractivity (Wildman–Crippen MR) is 90.4 cm³/mol. The van der Waals surface area contributed by atoms with E-state index in [-0.39, 0.29) is 5.92 Å². The Morgan fingerprint density at radius 1 is 1.21 bits per heavy atom. The third kappa shape index (κ3) is 3.06. The van der Waals surface area contributed by atoms with Gasteiger partial charge >= 0.3 is 0 Å². The molecule has 0 amide bonds. The Morgan fingerprint density at radius 3 is 2.62 bits per heavy atom. The van der Waals surface area contributed by atoms with Crippen LogP contribution in [0.1, 0.15) is 24.5 Å². The van der Waals surface area contributed by atoms with Crippen molar-refractivity contribution in [3.8, 4) is 11.4 Å². The maximum Gasteiger partial charge on any atom is 0.281 e. The lowest BCUT2D eigenvalue weighted by molar-refractivity contribution is 0.296. The van der Waals surface area contributed by atoms with Gasteiger partial charge in [-0.25, -0.2) is 0 Å². The van der Waals surface area contributed by atoms with E-state index in [1.165, 1.54) is 8.61 Å². The van der Waals surface area contributed by atoms with E-state index >= 15 is 0 Å². The van der Waals surface area contributed by atoms with E-state index < -0.39 is 10.2 Å². The Kier molecular flexibility index (Phi) is 4.66. The van der Waals surface area contributed by atoms with Crippen LogP contribution in [0.5, 0.6) is 0 Å². The van der Waals surface area contributed by atoms with Gasteiger partial charge in [0.2, 0.25) is 0 Å². The highest BCUT2D eigenvalue weighted by Gasteiger charge is 2.33. The van der Waals surface area contributed by atoms with E-state index in [4.69, 9.17) is 0 Å². The monoisotopic (exact) mass is 350 g/mol. The third-order valence-corrected chi connectivity index (χ3v) is 6.26. The molecule has 1 atom stereocenters. The van der Waals surface area contributed by atoms with Crippen LogP contribution in [-0.4, -0.2) is 64.0 Å². The van der Waals surface area contributed by atoms with Crippen molar-refractivity contribution in [2.45, 2.75) is 18.8 Å². The summed E-state index contributed by atoms with van der Waals surface area (Å²) in [4.78, 5) is 9.00. The van der Waals surface area contributed by atoms with Crippen LogP contribution in [0.15, 0.2) is 24.7 Å². The minimum atomic E-state index is -3.41. The summed E-state index contributed by atoms with van der Waals surface area (Å²) in [6, 6.07) is 1.89. The lowest BCUT2D eigenvalue weighted by Crippen LogP contribution is -2.45. The molecule has 1 saturated heterocycles. The highest BCUT2D eigenvalue weighted by molar-refractivity contribution is 7.86. The van der Waals surface area contributed by atoms with Gasteiger partial charge in [0.25, 0.3) is 10.2 Å². The number of aromatic nitrogens is 4. The predicted octanol–water partition coefficient (Wildman–Crippen LogP) is 0.863. The van der Waals surface area contributed by atoms with E-state index in [1.807, 2.05) is 13.1 Å². The zero-order valence-corrected chi connectivity index (χ0v) is 14.9. The highest BCUT2D eigenvalue weighted by atomic mass is 32.2. The van der Waals surface area contributed by atoms with E-state index in [1.54, 1.807) is 37.4 Å². The van der Waals surface area contributed by atoms with Crippen LogP contribution in [0.4, 0.5) is 0 Å². The first-order chi connectivity index (χ1) is 11.4. The Bertz CT molecular complexity index is 817. The van der Waals surface area contributed by atoms with Crippen LogP contribution in [0.2, 0.25) is 0 Å². The Balaban J connectivity index is 1.94. The van der Waals surface area contributed by atoms with Gasteiger partial charge in [0, 0.05) is 58.7 Å². The molecule has 0 aromatic carbocycles. The minimum Gasteiger partial charge on any atom is -0.266 e. The average molecular weight is 350 g/mol. The second-order valence-corrected chi connectivity index (χ2v) is 8.26. The van der Waals surface area contributed by atoms with Crippen LogP contribution in [0, 0.1) is 0 Å². The number of rotatable bonds is 4. The zero-order chi connectivity index (χ0) is 17.3. The van der Waals surface area contributed by atoms with E-state index in [0.717, 1.165) is 29.9 Å².